The van der Waals surface area contributed by atoms with Crippen LogP contribution in [0.25, 0.3) is 0 Å². The van der Waals surface area contributed by atoms with Crippen molar-refractivity contribution in [2.75, 3.05) is 9.96 Å². The lowest BCUT2D eigenvalue weighted by Gasteiger charge is -2.35. The van der Waals surface area contributed by atoms with Crippen molar-refractivity contribution in [1.29, 1.82) is 0 Å². The second kappa shape index (κ2) is 8.38. The van der Waals surface area contributed by atoms with Crippen LogP contribution in [0.4, 0.5) is 11.4 Å². The summed E-state index contributed by atoms with van der Waals surface area (Å²) < 4.78 is 0. The van der Waals surface area contributed by atoms with Gasteiger partial charge in [-0.2, -0.15) is 0 Å². The maximum atomic E-state index is 14.5. The summed E-state index contributed by atoms with van der Waals surface area (Å²) in [5, 5.41) is 2.25. The number of benzene rings is 4. The molecule has 0 spiro atoms. The van der Waals surface area contributed by atoms with Crippen LogP contribution in [-0.2, 0) is 19.8 Å². The summed E-state index contributed by atoms with van der Waals surface area (Å²) in [6.07, 6.45) is -1.04. The molecule has 2 fully saturated rings. The highest BCUT2D eigenvalue weighted by Gasteiger charge is 2.72. The average Bonchev–Trinajstić information content (AvgIpc) is 3.38. The molecule has 0 radical (unpaired) electrons. The molecule has 0 aromatic heterocycles. The number of carbonyl (C=O) groups excluding carboxylic acids is 2. The van der Waals surface area contributed by atoms with E-state index >= 15 is 0 Å². The normalized spacial score (nSPS) is 23.6. The predicted molar refractivity (Wildman–Crippen MR) is 135 cm³/mol. The van der Waals surface area contributed by atoms with E-state index in [-0.39, 0.29) is 5.91 Å². The predicted octanol–water partition coefficient (Wildman–Crippen LogP) is 5.71. The lowest BCUT2D eigenvalue weighted by molar-refractivity contribution is -0.126. The maximum Gasteiger partial charge on any atom is 0.267 e. The second-order valence-electron chi connectivity index (χ2n) is 8.65. The maximum absolute atomic E-state index is 14.5. The van der Waals surface area contributed by atoms with Crippen molar-refractivity contribution < 1.29 is 14.4 Å². The van der Waals surface area contributed by atoms with Gasteiger partial charge in [0.05, 0.1) is 11.4 Å². The number of carbonyl (C=O) groups is 2. The fourth-order valence-electron chi connectivity index (χ4n) is 5.26. The Balaban J connectivity index is 1.61. The van der Waals surface area contributed by atoms with Crippen molar-refractivity contribution >= 4 is 34.8 Å². The highest BCUT2D eigenvalue weighted by Crippen LogP contribution is 2.57. The Morgan fingerprint density at radius 1 is 0.686 bits per heavy atom. The first-order valence-corrected chi connectivity index (χ1v) is 11.8. The van der Waals surface area contributed by atoms with Crippen LogP contribution < -0.4 is 9.96 Å². The monoisotopic (exact) mass is 480 g/mol. The standard InChI is InChI=1S/C29H21ClN2O3/c30-22-16-18-23(19-17-22)31-27(33)26-29(28(31)34,21-12-6-2-7-13-21)25(20-10-4-1-5-11-20)32(35-26)24-14-8-3-9-15-24/h1-19,25-26H/t25-,26-,29-/m0/s1. The quantitative estimate of drug-likeness (QED) is 0.351. The van der Waals surface area contributed by atoms with E-state index in [1.165, 1.54) is 4.90 Å². The molecule has 3 atom stereocenters. The number of amides is 2. The molecule has 0 unspecified atom stereocenters. The molecule has 0 aliphatic carbocycles. The van der Waals surface area contributed by atoms with E-state index in [0.717, 1.165) is 16.8 Å². The van der Waals surface area contributed by atoms with E-state index in [4.69, 9.17) is 16.4 Å². The van der Waals surface area contributed by atoms with Gasteiger partial charge in [-0.1, -0.05) is 90.5 Å². The van der Waals surface area contributed by atoms with E-state index in [0.29, 0.717) is 10.7 Å². The van der Waals surface area contributed by atoms with Crippen LogP contribution >= 0.6 is 11.6 Å². The molecule has 2 heterocycles. The molecule has 4 aromatic rings. The van der Waals surface area contributed by atoms with Gasteiger partial charge in [0.1, 0.15) is 11.5 Å². The molecule has 6 heteroatoms. The summed E-state index contributed by atoms with van der Waals surface area (Å²) in [4.78, 5) is 36.2. The lowest BCUT2D eigenvalue weighted by Crippen LogP contribution is -2.46. The van der Waals surface area contributed by atoms with Crippen molar-refractivity contribution in [2.45, 2.75) is 17.6 Å². The van der Waals surface area contributed by atoms with E-state index in [2.05, 4.69) is 0 Å². The third-order valence-electron chi connectivity index (χ3n) is 6.76. The number of nitrogens with zero attached hydrogens (tertiary/aromatic N) is 2. The molecule has 2 aliphatic heterocycles. The molecule has 2 saturated heterocycles. The lowest BCUT2D eigenvalue weighted by atomic mass is 9.69. The second-order valence-corrected chi connectivity index (χ2v) is 9.09. The number of rotatable bonds is 4. The van der Waals surface area contributed by atoms with Gasteiger partial charge in [-0.25, -0.2) is 9.96 Å². The SMILES string of the molecule is O=C1[C@@H]2ON(c3ccccc3)[C@@H](c3ccccc3)[C@]2(c2ccccc2)C(=O)N1c1ccc(Cl)cc1. The van der Waals surface area contributed by atoms with Crippen LogP contribution in [-0.4, -0.2) is 17.9 Å². The van der Waals surface area contributed by atoms with Crippen LogP contribution in [0, 0.1) is 0 Å². The van der Waals surface area contributed by atoms with Crippen LogP contribution in [0.1, 0.15) is 17.2 Å². The zero-order chi connectivity index (χ0) is 24.0. The summed E-state index contributed by atoms with van der Waals surface area (Å²) in [5.41, 5.74) is 1.55. The number of imide groups is 1. The Kier molecular flexibility index (Phi) is 5.17. The van der Waals surface area contributed by atoms with Crippen LogP contribution in [0.5, 0.6) is 0 Å². The molecule has 0 bridgehead atoms. The van der Waals surface area contributed by atoms with Crippen molar-refractivity contribution in [1.82, 2.24) is 0 Å². The smallest absolute Gasteiger partial charge is 0.267 e. The number of halogens is 1. The van der Waals surface area contributed by atoms with Crippen molar-refractivity contribution in [2.24, 2.45) is 0 Å². The third-order valence-corrected chi connectivity index (χ3v) is 7.01. The number of fused-ring (bicyclic) bond motifs is 1. The van der Waals surface area contributed by atoms with Crippen LogP contribution in [0.2, 0.25) is 5.02 Å². The summed E-state index contributed by atoms with van der Waals surface area (Å²) in [5.74, 6) is -0.728. The zero-order valence-electron chi connectivity index (χ0n) is 18.6. The van der Waals surface area contributed by atoms with Gasteiger partial charge in [-0.3, -0.25) is 14.4 Å². The Morgan fingerprint density at radius 3 is 1.89 bits per heavy atom. The van der Waals surface area contributed by atoms with Crippen molar-refractivity contribution in [3.8, 4) is 0 Å². The molecule has 0 saturated carbocycles. The fraction of sp³-hybridized carbons (Fsp3) is 0.103. The van der Waals surface area contributed by atoms with Crippen molar-refractivity contribution in [3.63, 3.8) is 0 Å². The van der Waals surface area contributed by atoms with Crippen LogP contribution in [0.3, 0.4) is 0 Å². The minimum Gasteiger partial charge on any atom is -0.273 e. The first-order chi connectivity index (χ1) is 17.1. The number of hydrogen-bond donors (Lipinski definition) is 0. The molecular weight excluding hydrogens is 460 g/mol. The molecule has 5 nitrogen and oxygen atoms in total. The molecular formula is C29H21ClN2O3. The Bertz CT molecular complexity index is 1380. The van der Waals surface area contributed by atoms with Gasteiger partial charge in [-0.15, -0.1) is 0 Å². The summed E-state index contributed by atoms with van der Waals surface area (Å²) in [6, 6.07) is 34.9. The topological polar surface area (TPSA) is 49.9 Å². The first-order valence-electron chi connectivity index (χ1n) is 11.4. The minimum atomic E-state index is -1.30. The first kappa shape index (κ1) is 21.6. The highest BCUT2D eigenvalue weighted by atomic mass is 35.5. The molecule has 35 heavy (non-hydrogen) atoms. The van der Waals surface area contributed by atoms with Gasteiger partial charge in [0.15, 0.2) is 6.10 Å². The zero-order valence-corrected chi connectivity index (χ0v) is 19.4. The summed E-state index contributed by atoms with van der Waals surface area (Å²) in [7, 11) is 0. The molecule has 4 aromatic carbocycles. The van der Waals surface area contributed by atoms with Gasteiger partial charge < -0.3 is 0 Å². The van der Waals surface area contributed by atoms with Crippen LogP contribution in [0.15, 0.2) is 115 Å². The molecule has 172 valence electrons. The molecule has 6 rings (SSSR count). The highest BCUT2D eigenvalue weighted by molar-refractivity contribution is 6.31. The average molecular weight is 481 g/mol. The number of hydrogen-bond acceptors (Lipinski definition) is 4. The van der Waals surface area contributed by atoms with Gasteiger partial charge in [-0.05, 0) is 47.5 Å². The summed E-state index contributed by atoms with van der Waals surface area (Å²) >= 11 is 6.08. The summed E-state index contributed by atoms with van der Waals surface area (Å²) in [6.45, 7) is 0. The third kappa shape index (κ3) is 3.20. The Hall–Kier alpha value is -3.93. The Labute approximate surface area is 208 Å². The van der Waals surface area contributed by atoms with Crippen molar-refractivity contribution in [3.05, 3.63) is 131 Å². The molecule has 2 aliphatic rings. The molecule has 2 amide bonds. The van der Waals surface area contributed by atoms with Gasteiger partial charge in [0.25, 0.3) is 5.91 Å². The Morgan fingerprint density at radius 2 is 1.26 bits per heavy atom. The number of anilines is 2. The van der Waals surface area contributed by atoms with E-state index < -0.39 is 23.5 Å². The fourth-order valence-corrected chi connectivity index (χ4v) is 5.38. The number of hydroxylamine groups is 1. The van der Waals surface area contributed by atoms with Gasteiger partial charge in [0, 0.05) is 5.02 Å². The largest absolute Gasteiger partial charge is 0.273 e. The number of para-hydroxylation sites is 1. The minimum absolute atomic E-state index is 0.326. The van der Waals surface area contributed by atoms with E-state index in [1.54, 1.807) is 29.3 Å². The van der Waals surface area contributed by atoms with Gasteiger partial charge >= 0.3 is 0 Å². The molecule has 0 N–H and O–H groups in total. The van der Waals surface area contributed by atoms with E-state index in [9.17, 15) is 9.59 Å². The van der Waals surface area contributed by atoms with Gasteiger partial charge in [0.2, 0.25) is 5.91 Å². The van der Waals surface area contributed by atoms with E-state index in [1.807, 2.05) is 91.0 Å².